The molecule has 1 rings (SSSR count). The molecule has 6 heteroatoms. The second kappa shape index (κ2) is 9.94. The van der Waals surface area contributed by atoms with Gasteiger partial charge < -0.3 is 15.5 Å². The number of benzene rings is 1. The number of carbonyl (C=O) groups is 3. The molecule has 6 nitrogen and oxygen atoms in total. The average Bonchev–Trinajstić information content (AvgIpc) is 2.55. The zero-order valence-corrected chi connectivity index (χ0v) is 16.5. The Hall–Kier alpha value is -2.37. The second-order valence-electron chi connectivity index (χ2n) is 7.43. The third-order valence-electron chi connectivity index (χ3n) is 3.91. The average molecular weight is 361 g/mol. The second-order valence-corrected chi connectivity index (χ2v) is 7.43. The summed E-state index contributed by atoms with van der Waals surface area (Å²) in [6, 6.07) is 7.52. The van der Waals surface area contributed by atoms with E-state index in [-0.39, 0.29) is 37.2 Å². The van der Waals surface area contributed by atoms with Gasteiger partial charge in [-0.25, -0.2) is 0 Å². The van der Waals surface area contributed by atoms with Crippen LogP contribution in [0.1, 0.15) is 46.1 Å². The molecular weight excluding hydrogens is 330 g/mol. The predicted octanol–water partition coefficient (Wildman–Crippen LogP) is 2.72. The highest BCUT2D eigenvalue weighted by Crippen LogP contribution is 2.13. The topological polar surface area (TPSA) is 78.5 Å². The summed E-state index contributed by atoms with van der Waals surface area (Å²) in [6.07, 6.45) is 0.942. The molecule has 144 valence electrons. The van der Waals surface area contributed by atoms with Crippen molar-refractivity contribution in [3.05, 3.63) is 29.8 Å². The Bertz CT molecular complexity index is 635. The molecule has 0 unspecified atom stereocenters. The number of carbonyl (C=O) groups excluding carboxylic acids is 3. The minimum Gasteiger partial charge on any atom is -0.355 e. The van der Waals surface area contributed by atoms with Crippen LogP contribution in [0.4, 0.5) is 5.69 Å². The zero-order chi connectivity index (χ0) is 19.7. The fourth-order valence-corrected chi connectivity index (χ4v) is 2.34. The van der Waals surface area contributed by atoms with E-state index in [9.17, 15) is 14.4 Å². The summed E-state index contributed by atoms with van der Waals surface area (Å²) in [5.41, 5.74) is 1.23. The molecule has 0 saturated carbocycles. The molecule has 0 radical (unpaired) electrons. The largest absolute Gasteiger partial charge is 0.355 e. The van der Waals surface area contributed by atoms with Crippen LogP contribution in [0.15, 0.2) is 24.3 Å². The molecule has 0 heterocycles. The van der Waals surface area contributed by atoms with Crippen molar-refractivity contribution in [3.63, 3.8) is 0 Å². The standard InChI is InChI=1S/C20H31N3O3/c1-6-13-23(18(25)11-12-21-19(26)20(3,4)5)14-17(24)22-16-10-8-7-9-15(16)2/h7-10H,6,11-14H2,1-5H3,(H,21,26)(H,22,24). The Morgan fingerprint density at radius 3 is 2.35 bits per heavy atom. The molecule has 0 saturated heterocycles. The summed E-state index contributed by atoms with van der Waals surface area (Å²) in [5, 5.41) is 5.61. The van der Waals surface area contributed by atoms with Crippen LogP contribution in [0.5, 0.6) is 0 Å². The van der Waals surface area contributed by atoms with Gasteiger partial charge in [0.25, 0.3) is 0 Å². The van der Waals surface area contributed by atoms with Gasteiger partial charge in [0.15, 0.2) is 0 Å². The number of anilines is 1. The minimum atomic E-state index is -0.487. The van der Waals surface area contributed by atoms with Crippen LogP contribution in [0.3, 0.4) is 0 Å². The first-order valence-corrected chi connectivity index (χ1v) is 9.06. The van der Waals surface area contributed by atoms with Crippen molar-refractivity contribution in [3.8, 4) is 0 Å². The molecule has 0 aliphatic rings. The zero-order valence-electron chi connectivity index (χ0n) is 16.5. The first kappa shape index (κ1) is 21.7. The number of aryl methyl sites for hydroxylation is 1. The minimum absolute atomic E-state index is 0.00816. The Kier molecular flexibility index (Phi) is 8.29. The van der Waals surface area contributed by atoms with E-state index in [0.29, 0.717) is 6.54 Å². The van der Waals surface area contributed by atoms with E-state index < -0.39 is 5.41 Å². The number of para-hydroxylation sites is 1. The summed E-state index contributed by atoms with van der Waals surface area (Å²) in [4.78, 5) is 38.1. The molecule has 0 fully saturated rings. The summed E-state index contributed by atoms with van der Waals surface area (Å²) in [7, 11) is 0. The Labute approximate surface area is 156 Å². The maximum Gasteiger partial charge on any atom is 0.244 e. The fraction of sp³-hybridized carbons (Fsp3) is 0.550. The van der Waals surface area contributed by atoms with E-state index in [4.69, 9.17) is 0 Å². The van der Waals surface area contributed by atoms with Crippen LogP contribution in [-0.2, 0) is 14.4 Å². The van der Waals surface area contributed by atoms with Gasteiger partial charge in [-0.3, -0.25) is 14.4 Å². The van der Waals surface area contributed by atoms with Crippen molar-refractivity contribution in [2.24, 2.45) is 5.41 Å². The maximum absolute atomic E-state index is 12.4. The molecule has 3 amide bonds. The lowest BCUT2D eigenvalue weighted by Crippen LogP contribution is -2.41. The normalized spacial score (nSPS) is 11.0. The number of hydrogen-bond donors (Lipinski definition) is 2. The van der Waals surface area contributed by atoms with Gasteiger partial charge in [-0.2, -0.15) is 0 Å². The van der Waals surface area contributed by atoms with Gasteiger partial charge in [0.05, 0.1) is 6.54 Å². The van der Waals surface area contributed by atoms with Crippen molar-refractivity contribution < 1.29 is 14.4 Å². The van der Waals surface area contributed by atoms with Crippen LogP contribution in [0.2, 0.25) is 0 Å². The molecule has 1 aromatic rings. The van der Waals surface area contributed by atoms with E-state index in [1.165, 1.54) is 4.90 Å². The van der Waals surface area contributed by atoms with Crippen molar-refractivity contribution in [2.45, 2.75) is 47.5 Å². The molecule has 26 heavy (non-hydrogen) atoms. The first-order valence-electron chi connectivity index (χ1n) is 9.06. The van der Waals surface area contributed by atoms with E-state index in [1.807, 2.05) is 58.9 Å². The monoisotopic (exact) mass is 361 g/mol. The first-order chi connectivity index (χ1) is 12.1. The number of nitrogens with one attached hydrogen (secondary N) is 2. The number of amides is 3. The predicted molar refractivity (Wildman–Crippen MR) is 104 cm³/mol. The highest BCUT2D eigenvalue weighted by Gasteiger charge is 2.22. The lowest BCUT2D eigenvalue weighted by molar-refractivity contribution is -0.135. The van der Waals surface area contributed by atoms with Gasteiger partial charge in [0.1, 0.15) is 0 Å². The number of hydrogen-bond acceptors (Lipinski definition) is 3. The highest BCUT2D eigenvalue weighted by molar-refractivity contribution is 5.95. The molecule has 2 N–H and O–H groups in total. The summed E-state index contributed by atoms with van der Waals surface area (Å²) < 4.78 is 0. The summed E-state index contributed by atoms with van der Waals surface area (Å²) >= 11 is 0. The smallest absolute Gasteiger partial charge is 0.244 e. The third-order valence-corrected chi connectivity index (χ3v) is 3.91. The molecule has 0 atom stereocenters. The fourth-order valence-electron chi connectivity index (χ4n) is 2.34. The SMILES string of the molecule is CCCN(CC(=O)Nc1ccccc1C)C(=O)CCNC(=O)C(C)(C)C. The van der Waals surface area contributed by atoms with Crippen LogP contribution in [0.25, 0.3) is 0 Å². The van der Waals surface area contributed by atoms with Gasteiger partial charge in [-0.05, 0) is 25.0 Å². The van der Waals surface area contributed by atoms with Gasteiger partial charge in [0.2, 0.25) is 17.7 Å². The highest BCUT2D eigenvalue weighted by atomic mass is 16.2. The van der Waals surface area contributed by atoms with Crippen LogP contribution in [-0.4, -0.2) is 42.3 Å². The molecule has 0 aromatic heterocycles. The number of rotatable bonds is 8. The van der Waals surface area contributed by atoms with Crippen molar-refractivity contribution in [1.82, 2.24) is 10.2 Å². The van der Waals surface area contributed by atoms with Crippen LogP contribution in [0, 0.1) is 12.3 Å². The van der Waals surface area contributed by atoms with Crippen molar-refractivity contribution in [2.75, 3.05) is 25.0 Å². The molecular formula is C20H31N3O3. The van der Waals surface area contributed by atoms with Gasteiger partial charge in [-0.15, -0.1) is 0 Å². The van der Waals surface area contributed by atoms with Crippen molar-refractivity contribution in [1.29, 1.82) is 0 Å². The van der Waals surface area contributed by atoms with Gasteiger partial charge in [-0.1, -0.05) is 45.9 Å². The maximum atomic E-state index is 12.4. The van der Waals surface area contributed by atoms with E-state index in [1.54, 1.807) is 0 Å². The van der Waals surface area contributed by atoms with Gasteiger partial charge in [0, 0.05) is 30.6 Å². The molecule has 0 spiro atoms. The van der Waals surface area contributed by atoms with E-state index in [2.05, 4.69) is 10.6 Å². The molecule has 0 bridgehead atoms. The molecule has 0 aliphatic carbocycles. The Balaban J connectivity index is 2.56. The molecule has 1 aromatic carbocycles. The summed E-state index contributed by atoms with van der Waals surface area (Å²) in [5.74, 6) is -0.453. The van der Waals surface area contributed by atoms with Gasteiger partial charge >= 0.3 is 0 Å². The van der Waals surface area contributed by atoms with Crippen LogP contribution >= 0.6 is 0 Å². The van der Waals surface area contributed by atoms with E-state index in [0.717, 1.165) is 17.7 Å². The van der Waals surface area contributed by atoms with E-state index >= 15 is 0 Å². The number of nitrogens with zero attached hydrogens (tertiary/aromatic N) is 1. The Morgan fingerprint density at radius 1 is 1.12 bits per heavy atom. The summed E-state index contributed by atoms with van der Waals surface area (Å²) in [6.45, 7) is 10.1. The molecule has 0 aliphatic heterocycles. The quantitative estimate of drug-likeness (QED) is 0.747. The Morgan fingerprint density at radius 2 is 1.77 bits per heavy atom. The van der Waals surface area contributed by atoms with Crippen LogP contribution < -0.4 is 10.6 Å². The third kappa shape index (κ3) is 7.25. The lowest BCUT2D eigenvalue weighted by atomic mass is 9.96. The lowest BCUT2D eigenvalue weighted by Gasteiger charge is -2.23. The van der Waals surface area contributed by atoms with Crippen molar-refractivity contribution >= 4 is 23.4 Å².